The number of hydrogen-bond acceptors (Lipinski definition) is 2. The number of halogens is 1. The van der Waals surface area contributed by atoms with Gasteiger partial charge in [0.1, 0.15) is 5.82 Å². The molecule has 0 fully saturated rings. The second-order valence-corrected chi connectivity index (χ2v) is 5.06. The van der Waals surface area contributed by atoms with E-state index < -0.39 is 11.9 Å². The van der Waals surface area contributed by atoms with E-state index in [4.69, 9.17) is 0 Å². The summed E-state index contributed by atoms with van der Waals surface area (Å²) in [6, 6.07) is 5.66. The molecule has 1 atom stereocenters. The van der Waals surface area contributed by atoms with Crippen LogP contribution in [0.2, 0.25) is 0 Å². The zero-order valence-corrected chi connectivity index (χ0v) is 11.0. The molecule has 3 nitrogen and oxygen atoms in total. The van der Waals surface area contributed by atoms with Crippen molar-refractivity contribution in [2.45, 2.75) is 45.3 Å². The van der Waals surface area contributed by atoms with Crippen molar-refractivity contribution < 1.29 is 14.3 Å². The van der Waals surface area contributed by atoms with Gasteiger partial charge in [-0.25, -0.2) is 4.39 Å². The first kappa shape index (κ1) is 14.6. The summed E-state index contributed by atoms with van der Waals surface area (Å²) in [6.07, 6.45) is -0.241. The fourth-order valence-electron chi connectivity index (χ4n) is 1.52. The van der Waals surface area contributed by atoms with E-state index in [-0.39, 0.29) is 17.9 Å². The lowest BCUT2D eigenvalue weighted by Crippen LogP contribution is -2.43. The van der Waals surface area contributed by atoms with Crippen molar-refractivity contribution in [3.8, 4) is 0 Å². The molecule has 18 heavy (non-hydrogen) atoms. The third-order valence-corrected chi connectivity index (χ3v) is 2.97. The molecule has 2 N–H and O–H groups in total. The zero-order valence-electron chi connectivity index (χ0n) is 11.0. The Kier molecular flexibility index (Phi) is 4.84. The summed E-state index contributed by atoms with van der Waals surface area (Å²) in [6.45, 7) is 5.81. The molecule has 1 rings (SSSR count). The molecule has 0 aliphatic rings. The highest BCUT2D eigenvalue weighted by Crippen LogP contribution is 2.18. The minimum atomic E-state index is -0.978. The number of nitrogens with one attached hydrogen (secondary N) is 1. The molecule has 1 aromatic rings. The molecular formula is C14H20FNO2. The van der Waals surface area contributed by atoms with E-state index in [0.717, 1.165) is 6.42 Å². The van der Waals surface area contributed by atoms with Crippen molar-refractivity contribution in [1.29, 1.82) is 0 Å². The zero-order chi connectivity index (χ0) is 13.8. The molecule has 100 valence electrons. The van der Waals surface area contributed by atoms with Gasteiger partial charge in [-0.15, -0.1) is 0 Å². The monoisotopic (exact) mass is 253 g/mol. The van der Waals surface area contributed by atoms with Crippen molar-refractivity contribution in [1.82, 2.24) is 5.32 Å². The maximum Gasteiger partial charge on any atom is 0.223 e. The number of aliphatic hydroxyl groups is 1. The van der Waals surface area contributed by atoms with Crippen molar-refractivity contribution in [3.63, 3.8) is 0 Å². The van der Waals surface area contributed by atoms with E-state index >= 15 is 0 Å². The lowest BCUT2D eigenvalue weighted by molar-refractivity contribution is -0.124. The molecule has 0 heterocycles. The maximum absolute atomic E-state index is 13.0. The predicted molar refractivity (Wildman–Crippen MR) is 68.5 cm³/mol. The molecule has 4 heteroatoms. The van der Waals surface area contributed by atoms with Crippen LogP contribution in [0.5, 0.6) is 0 Å². The van der Waals surface area contributed by atoms with Gasteiger partial charge in [-0.2, -0.15) is 0 Å². The van der Waals surface area contributed by atoms with Crippen LogP contribution in [0.25, 0.3) is 0 Å². The average Bonchev–Trinajstić information content (AvgIpc) is 2.28. The number of benzene rings is 1. The summed E-state index contributed by atoms with van der Waals surface area (Å²) >= 11 is 0. The SMILES string of the molecule is CCC(C)(C)NC(=O)CC(O)c1cccc(F)c1. The van der Waals surface area contributed by atoms with Crippen molar-refractivity contribution in [2.24, 2.45) is 0 Å². The Morgan fingerprint density at radius 2 is 2.17 bits per heavy atom. The normalized spacial score (nSPS) is 13.2. The van der Waals surface area contributed by atoms with Gasteiger partial charge in [0.25, 0.3) is 0 Å². The standard InChI is InChI=1S/C14H20FNO2/c1-4-14(2,3)16-13(18)9-12(17)10-6-5-7-11(15)8-10/h5-8,12,17H,4,9H2,1-3H3,(H,16,18). The van der Waals surface area contributed by atoms with Crippen molar-refractivity contribution in [2.75, 3.05) is 0 Å². The van der Waals surface area contributed by atoms with E-state index in [0.29, 0.717) is 5.56 Å². The molecule has 0 radical (unpaired) electrons. The maximum atomic E-state index is 13.0. The molecule has 0 aliphatic heterocycles. The van der Waals surface area contributed by atoms with E-state index in [9.17, 15) is 14.3 Å². The quantitative estimate of drug-likeness (QED) is 0.847. The molecular weight excluding hydrogens is 233 g/mol. The Morgan fingerprint density at radius 1 is 1.50 bits per heavy atom. The fraction of sp³-hybridized carbons (Fsp3) is 0.500. The van der Waals surface area contributed by atoms with Crippen LogP contribution in [-0.4, -0.2) is 16.6 Å². The molecule has 0 aliphatic carbocycles. The molecule has 1 aromatic carbocycles. The molecule has 1 amide bonds. The first-order valence-electron chi connectivity index (χ1n) is 6.08. The Labute approximate surface area is 107 Å². The summed E-state index contributed by atoms with van der Waals surface area (Å²) in [5.41, 5.74) is 0.123. The highest BCUT2D eigenvalue weighted by Gasteiger charge is 2.20. The Bertz CT molecular complexity index is 418. The molecule has 0 saturated carbocycles. The van der Waals surface area contributed by atoms with E-state index in [1.165, 1.54) is 18.2 Å². The summed E-state index contributed by atoms with van der Waals surface area (Å²) in [4.78, 5) is 11.7. The largest absolute Gasteiger partial charge is 0.388 e. The van der Waals surface area contributed by atoms with Crippen LogP contribution in [-0.2, 0) is 4.79 Å². The minimum absolute atomic E-state index is 0.0626. The van der Waals surface area contributed by atoms with Gasteiger partial charge < -0.3 is 10.4 Å². The third kappa shape index (κ3) is 4.45. The van der Waals surface area contributed by atoms with Crippen LogP contribution in [0, 0.1) is 5.82 Å². The number of rotatable bonds is 5. The van der Waals surface area contributed by atoms with E-state index in [2.05, 4.69) is 5.32 Å². The van der Waals surface area contributed by atoms with Gasteiger partial charge in [-0.3, -0.25) is 4.79 Å². The molecule has 0 saturated heterocycles. The number of carbonyl (C=O) groups is 1. The van der Waals surface area contributed by atoms with Gasteiger partial charge >= 0.3 is 0 Å². The highest BCUT2D eigenvalue weighted by molar-refractivity contribution is 5.77. The first-order valence-corrected chi connectivity index (χ1v) is 6.08. The van der Waals surface area contributed by atoms with Gasteiger partial charge in [0.2, 0.25) is 5.91 Å². The summed E-state index contributed by atoms with van der Waals surface area (Å²) in [7, 11) is 0. The second kappa shape index (κ2) is 5.96. The minimum Gasteiger partial charge on any atom is -0.388 e. The predicted octanol–water partition coefficient (Wildman–Crippen LogP) is 2.55. The second-order valence-electron chi connectivity index (χ2n) is 5.06. The van der Waals surface area contributed by atoms with Crippen LogP contribution in [0.4, 0.5) is 4.39 Å². The lowest BCUT2D eigenvalue weighted by atomic mass is 10.0. The van der Waals surface area contributed by atoms with E-state index in [1.54, 1.807) is 6.07 Å². The van der Waals surface area contributed by atoms with Gasteiger partial charge in [-0.1, -0.05) is 19.1 Å². The van der Waals surface area contributed by atoms with Crippen LogP contribution >= 0.6 is 0 Å². The average molecular weight is 253 g/mol. The number of amides is 1. The molecule has 1 unspecified atom stereocenters. The Balaban J connectivity index is 2.60. The summed E-state index contributed by atoms with van der Waals surface area (Å²) < 4.78 is 13.0. The van der Waals surface area contributed by atoms with Crippen LogP contribution < -0.4 is 5.32 Å². The third-order valence-electron chi connectivity index (χ3n) is 2.97. The van der Waals surface area contributed by atoms with Gasteiger partial charge in [0.15, 0.2) is 0 Å². The highest BCUT2D eigenvalue weighted by atomic mass is 19.1. The van der Waals surface area contributed by atoms with Crippen LogP contribution in [0.15, 0.2) is 24.3 Å². The summed E-state index contributed by atoms with van der Waals surface area (Å²) in [5.74, 6) is -0.653. The number of carbonyl (C=O) groups excluding carboxylic acids is 1. The van der Waals surface area contributed by atoms with Gasteiger partial charge in [0.05, 0.1) is 12.5 Å². The first-order chi connectivity index (χ1) is 8.34. The number of aliphatic hydroxyl groups excluding tert-OH is 1. The van der Waals surface area contributed by atoms with Crippen LogP contribution in [0.1, 0.15) is 45.3 Å². The van der Waals surface area contributed by atoms with Crippen LogP contribution in [0.3, 0.4) is 0 Å². The fourth-order valence-corrected chi connectivity index (χ4v) is 1.52. The van der Waals surface area contributed by atoms with E-state index in [1.807, 2.05) is 20.8 Å². The van der Waals surface area contributed by atoms with Gasteiger partial charge in [-0.05, 0) is 38.0 Å². The molecule has 0 bridgehead atoms. The summed E-state index contributed by atoms with van der Waals surface area (Å²) in [5, 5.41) is 12.7. The number of hydrogen-bond donors (Lipinski definition) is 2. The topological polar surface area (TPSA) is 49.3 Å². The molecule has 0 spiro atoms. The van der Waals surface area contributed by atoms with Gasteiger partial charge in [0, 0.05) is 5.54 Å². The Morgan fingerprint density at radius 3 is 2.72 bits per heavy atom. The smallest absolute Gasteiger partial charge is 0.223 e. The Hall–Kier alpha value is -1.42. The van der Waals surface area contributed by atoms with Crippen molar-refractivity contribution >= 4 is 5.91 Å². The lowest BCUT2D eigenvalue weighted by Gasteiger charge is -2.25. The molecule has 0 aromatic heterocycles. The van der Waals surface area contributed by atoms with Crippen molar-refractivity contribution in [3.05, 3.63) is 35.6 Å².